The van der Waals surface area contributed by atoms with E-state index in [1.165, 1.54) is 6.33 Å². The molecule has 1 fully saturated rings. The van der Waals surface area contributed by atoms with Crippen LogP contribution in [0.4, 0.5) is 42.5 Å². The number of aliphatic carboxylic acids is 1. The number of methoxy groups -OCH3 is 1. The number of hydrogen-bond donors (Lipinski definition) is 1. The first kappa shape index (κ1) is 33.4. The Kier molecular flexibility index (Phi) is 9.34. The van der Waals surface area contributed by atoms with Gasteiger partial charge in [-0.05, 0) is 54.8 Å². The summed E-state index contributed by atoms with van der Waals surface area (Å²) in [6.07, 6.45) is -6.06. The van der Waals surface area contributed by atoms with Gasteiger partial charge in [-0.3, -0.25) is 14.7 Å². The lowest BCUT2D eigenvalue weighted by molar-refractivity contribution is -0.192. The van der Waals surface area contributed by atoms with E-state index in [1.807, 2.05) is 6.92 Å². The van der Waals surface area contributed by atoms with Gasteiger partial charge in [-0.25, -0.2) is 24.5 Å². The fourth-order valence-corrected chi connectivity index (χ4v) is 4.49. The van der Waals surface area contributed by atoms with Crippen molar-refractivity contribution in [3.05, 3.63) is 71.8 Å². The number of alkyl halides is 6. The number of carbonyl (C=O) groups is 3. The van der Waals surface area contributed by atoms with Crippen LogP contribution < -0.4 is 19.3 Å². The van der Waals surface area contributed by atoms with Gasteiger partial charge in [0.2, 0.25) is 5.88 Å². The van der Waals surface area contributed by atoms with Crippen LogP contribution in [0.5, 0.6) is 17.4 Å². The monoisotopic (exact) mass is 651 g/mol. The predicted octanol–water partition coefficient (Wildman–Crippen LogP) is 6.32. The van der Waals surface area contributed by atoms with Crippen LogP contribution in [0.25, 0.3) is 10.9 Å². The average Bonchev–Trinajstić information content (AvgIpc) is 3.30. The Morgan fingerprint density at radius 3 is 2.33 bits per heavy atom. The van der Waals surface area contributed by atoms with E-state index < -0.39 is 42.4 Å². The van der Waals surface area contributed by atoms with Gasteiger partial charge in [-0.1, -0.05) is 6.92 Å². The van der Waals surface area contributed by atoms with Crippen LogP contribution >= 0.6 is 0 Å². The third kappa shape index (κ3) is 6.92. The van der Waals surface area contributed by atoms with Crippen LogP contribution in [0.15, 0.2) is 55.1 Å². The minimum atomic E-state index is -5.08. The molecule has 2 aromatic heterocycles. The van der Waals surface area contributed by atoms with Crippen molar-refractivity contribution >= 4 is 40.2 Å². The Morgan fingerprint density at radius 2 is 1.72 bits per heavy atom. The number of urea groups is 1. The van der Waals surface area contributed by atoms with Crippen molar-refractivity contribution in [2.45, 2.75) is 32.6 Å². The maximum atomic E-state index is 13.3. The molecule has 4 aromatic rings. The topological polar surface area (TPSA) is 135 Å². The minimum Gasteiger partial charge on any atom is -0.497 e. The number of fused-ring (bicyclic) bond motifs is 1. The quantitative estimate of drug-likeness (QED) is 0.188. The van der Waals surface area contributed by atoms with E-state index >= 15 is 0 Å². The van der Waals surface area contributed by atoms with Gasteiger partial charge < -0.3 is 14.6 Å². The number of amides is 3. The van der Waals surface area contributed by atoms with Gasteiger partial charge in [0.25, 0.3) is 5.91 Å². The summed E-state index contributed by atoms with van der Waals surface area (Å²) in [5.41, 5.74) is 1.15. The van der Waals surface area contributed by atoms with Crippen LogP contribution in [-0.4, -0.2) is 57.8 Å². The molecular formula is C29H23F6N5O6. The zero-order chi connectivity index (χ0) is 34.0. The molecule has 1 saturated heterocycles. The van der Waals surface area contributed by atoms with Crippen molar-refractivity contribution in [1.29, 1.82) is 0 Å². The summed E-state index contributed by atoms with van der Waals surface area (Å²) in [4.78, 5) is 49.2. The van der Waals surface area contributed by atoms with E-state index in [2.05, 4.69) is 15.0 Å². The van der Waals surface area contributed by atoms with E-state index in [-0.39, 0.29) is 5.69 Å². The Labute approximate surface area is 256 Å². The van der Waals surface area contributed by atoms with Crippen LogP contribution in [0, 0.1) is 6.92 Å². The molecule has 3 heterocycles. The van der Waals surface area contributed by atoms with Gasteiger partial charge in [-0.15, -0.1) is 0 Å². The highest BCUT2D eigenvalue weighted by Crippen LogP contribution is 2.38. The van der Waals surface area contributed by atoms with Crippen molar-refractivity contribution in [2.75, 3.05) is 23.5 Å². The Hall–Kier alpha value is -5.48. The molecule has 0 bridgehead atoms. The molecule has 0 atom stereocenters. The number of carboxylic acid groups (broad SMARTS) is 1. The molecular weight excluding hydrogens is 628 g/mol. The highest BCUT2D eigenvalue weighted by molar-refractivity contribution is 6.27. The van der Waals surface area contributed by atoms with Gasteiger partial charge in [-0.2, -0.15) is 26.3 Å². The second-order valence-electron chi connectivity index (χ2n) is 9.53. The van der Waals surface area contributed by atoms with Crippen LogP contribution in [0.2, 0.25) is 0 Å². The lowest BCUT2D eigenvalue weighted by Crippen LogP contribution is -2.33. The molecule has 0 aliphatic carbocycles. The van der Waals surface area contributed by atoms with E-state index in [9.17, 15) is 35.9 Å². The van der Waals surface area contributed by atoms with Crippen molar-refractivity contribution in [3.8, 4) is 17.4 Å². The summed E-state index contributed by atoms with van der Waals surface area (Å²) in [6, 6.07) is 8.54. The molecule has 2 aromatic carbocycles. The number of imide groups is 1. The molecule has 3 amide bonds. The molecule has 1 N–H and O–H groups in total. The van der Waals surface area contributed by atoms with Gasteiger partial charge in [0.05, 0.1) is 41.1 Å². The minimum absolute atomic E-state index is 0.119. The third-order valence-electron chi connectivity index (χ3n) is 6.71. The number of hydrogen-bond acceptors (Lipinski definition) is 8. The fourth-order valence-electron chi connectivity index (χ4n) is 4.49. The van der Waals surface area contributed by atoms with Crippen LogP contribution in [-0.2, 0) is 22.2 Å². The van der Waals surface area contributed by atoms with E-state index in [0.717, 1.165) is 27.6 Å². The molecule has 0 radical (unpaired) electrons. The van der Waals surface area contributed by atoms with E-state index in [0.29, 0.717) is 52.2 Å². The predicted molar refractivity (Wildman–Crippen MR) is 150 cm³/mol. The first-order valence-corrected chi connectivity index (χ1v) is 13.1. The van der Waals surface area contributed by atoms with Gasteiger partial charge in [0.1, 0.15) is 24.4 Å². The lowest BCUT2D eigenvalue weighted by atomic mass is 10.0. The number of halogens is 6. The number of benzene rings is 2. The van der Waals surface area contributed by atoms with Crippen molar-refractivity contribution < 1.29 is 55.3 Å². The second-order valence-corrected chi connectivity index (χ2v) is 9.53. The van der Waals surface area contributed by atoms with E-state index in [4.69, 9.17) is 19.4 Å². The highest BCUT2D eigenvalue weighted by Gasteiger charge is 2.41. The van der Waals surface area contributed by atoms with Crippen molar-refractivity contribution in [2.24, 2.45) is 0 Å². The summed E-state index contributed by atoms with van der Waals surface area (Å²) >= 11 is 0. The molecule has 0 spiro atoms. The molecule has 242 valence electrons. The number of anilines is 2. The van der Waals surface area contributed by atoms with Gasteiger partial charge in [0, 0.05) is 12.3 Å². The molecule has 0 unspecified atom stereocenters. The maximum Gasteiger partial charge on any atom is 0.490 e. The van der Waals surface area contributed by atoms with E-state index in [1.54, 1.807) is 44.4 Å². The Balaban J connectivity index is 0.000000617. The largest absolute Gasteiger partial charge is 0.497 e. The second kappa shape index (κ2) is 12.9. The standard InChI is InChI=1S/C27H22F3N5O4.C2HF3O2/c1-4-19-15(2)22(7-8-23(19)39-25-20-6-5-18(38-3)10-21(20)32-14-33-25)35-24(36)13-34(26(35)37)17-9-16(11-31-12-17)27(28,29)30;3-2(4,5)1(6)7/h5-12,14H,4,13H2,1-3H3;(H,6,7). The van der Waals surface area contributed by atoms with Gasteiger partial charge >= 0.3 is 24.4 Å². The Bertz CT molecular complexity index is 1810. The number of aromatic nitrogens is 3. The highest BCUT2D eigenvalue weighted by atomic mass is 19.4. The molecule has 46 heavy (non-hydrogen) atoms. The molecule has 17 heteroatoms. The van der Waals surface area contributed by atoms with Crippen molar-refractivity contribution in [3.63, 3.8) is 0 Å². The first-order chi connectivity index (χ1) is 21.6. The molecule has 1 aliphatic rings. The zero-order valence-electron chi connectivity index (χ0n) is 24.1. The number of carboxylic acids is 1. The van der Waals surface area contributed by atoms with Crippen LogP contribution in [0.3, 0.4) is 0 Å². The third-order valence-corrected chi connectivity index (χ3v) is 6.71. The van der Waals surface area contributed by atoms with Gasteiger partial charge in [0.15, 0.2) is 0 Å². The molecule has 5 rings (SSSR count). The smallest absolute Gasteiger partial charge is 0.490 e. The number of nitrogens with zero attached hydrogens (tertiary/aromatic N) is 5. The molecule has 11 nitrogen and oxygen atoms in total. The summed E-state index contributed by atoms with van der Waals surface area (Å²) in [5.74, 6) is -1.90. The lowest BCUT2D eigenvalue weighted by Gasteiger charge is -2.22. The summed E-state index contributed by atoms with van der Waals surface area (Å²) in [6.45, 7) is 3.23. The normalized spacial score (nSPS) is 13.5. The zero-order valence-corrected chi connectivity index (χ0v) is 24.1. The average molecular weight is 652 g/mol. The molecule has 1 aliphatic heterocycles. The van der Waals surface area contributed by atoms with Crippen LogP contribution in [0.1, 0.15) is 23.6 Å². The fraction of sp³-hybridized carbons (Fsp3) is 0.241. The summed E-state index contributed by atoms with van der Waals surface area (Å²) in [5, 5.41) is 7.79. The number of ether oxygens (including phenoxy) is 2. The Morgan fingerprint density at radius 1 is 1.02 bits per heavy atom. The SMILES string of the molecule is CCc1c(Oc2ncnc3cc(OC)ccc23)ccc(N2C(=O)CN(c3cncc(C(F)(F)F)c3)C2=O)c1C.O=C(O)C(F)(F)F. The number of carbonyl (C=O) groups excluding carboxylic acids is 2. The van der Waals surface area contributed by atoms with Crippen molar-refractivity contribution in [1.82, 2.24) is 15.0 Å². The summed E-state index contributed by atoms with van der Waals surface area (Å²) in [7, 11) is 1.56. The maximum absolute atomic E-state index is 13.3. The molecule has 0 saturated carbocycles. The summed E-state index contributed by atoms with van der Waals surface area (Å²) < 4.78 is 82.7. The number of rotatable bonds is 6. The first-order valence-electron chi connectivity index (χ1n) is 13.1. The number of pyridine rings is 1.